The average molecular weight is 446 g/mol. The molecule has 0 radical (unpaired) electrons. The lowest BCUT2D eigenvalue weighted by molar-refractivity contribution is -0.127. The first-order valence-electron chi connectivity index (χ1n) is 9.22. The van der Waals surface area contributed by atoms with E-state index in [1.807, 2.05) is 12.1 Å². The second kappa shape index (κ2) is 7.69. The normalized spacial score (nSPS) is 12.3. The molecule has 4 rings (SSSR count). The van der Waals surface area contributed by atoms with Crippen LogP contribution >= 0.6 is 0 Å². The van der Waals surface area contributed by atoms with Gasteiger partial charge in [-0.15, -0.1) is 0 Å². The number of nitrogens with one attached hydrogen (secondary N) is 1. The minimum atomic E-state index is -4.37. The molecule has 2 aromatic carbocycles. The molecule has 10 heteroatoms. The fraction of sp³-hybridized carbons (Fsp3) is 0.143. The molecule has 0 fully saturated rings. The summed E-state index contributed by atoms with van der Waals surface area (Å²) in [5.74, 6) is 0.202. The molecule has 1 N–H and O–H groups in total. The molecule has 160 valence electrons. The number of pyridine rings is 1. The number of benzene rings is 2. The Kier molecular flexibility index (Phi) is 5.18. The van der Waals surface area contributed by atoms with Gasteiger partial charge in [0.15, 0.2) is 0 Å². The van der Waals surface area contributed by atoms with Gasteiger partial charge in [-0.25, -0.2) is 13.1 Å². The summed E-state index contributed by atoms with van der Waals surface area (Å²) in [4.78, 5) is 4.15. The smallest absolute Gasteiger partial charge is 0.263 e. The summed E-state index contributed by atoms with van der Waals surface area (Å²) >= 11 is 0. The second-order valence-electron chi connectivity index (χ2n) is 6.97. The van der Waals surface area contributed by atoms with Gasteiger partial charge in [-0.1, -0.05) is 18.2 Å². The number of halogens is 3. The molecule has 0 aliphatic rings. The number of aryl methyl sites for hydroxylation is 1. The summed E-state index contributed by atoms with van der Waals surface area (Å²) in [5.41, 5.74) is 1.92. The van der Waals surface area contributed by atoms with E-state index in [1.165, 1.54) is 4.68 Å². The van der Waals surface area contributed by atoms with Crippen molar-refractivity contribution in [2.75, 3.05) is 4.72 Å². The first-order valence-corrected chi connectivity index (χ1v) is 10.7. The fourth-order valence-corrected chi connectivity index (χ4v) is 4.28. The zero-order valence-corrected chi connectivity index (χ0v) is 17.1. The van der Waals surface area contributed by atoms with Gasteiger partial charge < -0.3 is 0 Å². The van der Waals surface area contributed by atoms with Gasteiger partial charge in [0.05, 0.1) is 28.2 Å². The van der Waals surface area contributed by atoms with Gasteiger partial charge in [0.25, 0.3) is 10.0 Å². The largest absolute Gasteiger partial charge is 0.393 e. The van der Waals surface area contributed by atoms with E-state index >= 15 is 0 Å². The second-order valence-corrected chi connectivity index (χ2v) is 8.65. The zero-order valence-electron chi connectivity index (χ0n) is 16.3. The highest BCUT2D eigenvalue weighted by atomic mass is 32.2. The Morgan fingerprint density at radius 3 is 2.48 bits per heavy atom. The number of anilines is 1. The van der Waals surface area contributed by atoms with Crippen LogP contribution in [-0.4, -0.2) is 29.4 Å². The molecule has 4 aromatic rings. The average Bonchev–Trinajstić information content (AvgIpc) is 3.06. The van der Waals surface area contributed by atoms with Crippen molar-refractivity contribution in [1.29, 1.82) is 0 Å². The Balaban J connectivity index is 1.69. The summed E-state index contributed by atoms with van der Waals surface area (Å²) in [5, 5.41) is 5.18. The minimum Gasteiger partial charge on any atom is -0.263 e. The zero-order chi connectivity index (χ0) is 22.2. The first kappa shape index (κ1) is 20.9. The highest BCUT2D eigenvalue weighted by Gasteiger charge is 2.28. The minimum absolute atomic E-state index is 0.0180. The van der Waals surface area contributed by atoms with Crippen LogP contribution in [0.2, 0.25) is 0 Å². The molecule has 0 saturated heterocycles. The van der Waals surface area contributed by atoms with Crippen molar-refractivity contribution >= 4 is 26.7 Å². The number of rotatable bonds is 5. The van der Waals surface area contributed by atoms with Gasteiger partial charge in [-0.2, -0.15) is 18.3 Å². The number of hydrogen-bond acceptors (Lipinski definition) is 4. The molecule has 0 unspecified atom stereocenters. The molecular weight excluding hydrogens is 429 g/mol. The number of fused-ring (bicyclic) bond motifs is 1. The molecule has 0 amide bonds. The lowest BCUT2D eigenvalue weighted by atomic mass is 10.1. The van der Waals surface area contributed by atoms with Crippen LogP contribution < -0.4 is 4.72 Å². The molecule has 0 spiro atoms. The van der Waals surface area contributed by atoms with Crippen LogP contribution in [-0.2, 0) is 16.4 Å². The van der Waals surface area contributed by atoms with Crippen molar-refractivity contribution in [2.24, 2.45) is 0 Å². The molecule has 0 aliphatic heterocycles. The van der Waals surface area contributed by atoms with E-state index in [0.717, 1.165) is 35.2 Å². The molecule has 0 saturated carbocycles. The molecule has 0 bridgehead atoms. The van der Waals surface area contributed by atoms with E-state index in [1.54, 1.807) is 37.4 Å². The van der Waals surface area contributed by atoms with Crippen LogP contribution in [0.5, 0.6) is 0 Å². The standard InChI is InChI=1S/C21H17F3N4O2S/c1-14-12-20(28(26-14)19-6-2-5-18-17(19)4-3-11-25-18)27-31(29,30)16-9-7-15(8-10-16)13-21(22,23)24/h2-12,27H,13H2,1H3. The fourth-order valence-electron chi connectivity index (χ4n) is 3.24. The number of nitrogens with zero attached hydrogens (tertiary/aromatic N) is 3. The lowest BCUT2D eigenvalue weighted by Crippen LogP contribution is -2.16. The highest BCUT2D eigenvalue weighted by molar-refractivity contribution is 7.92. The van der Waals surface area contributed by atoms with Crippen LogP contribution in [0.3, 0.4) is 0 Å². The summed E-state index contributed by atoms with van der Waals surface area (Å²) in [6, 6.07) is 15.2. The van der Waals surface area contributed by atoms with E-state index in [9.17, 15) is 21.6 Å². The molecule has 0 aliphatic carbocycles. The van der Waals surface area contributed by atoms with Gasteiger partial charge in [-0.3, -0.25) is 9.71 Å². The summed E-state index contributed by atoms with van der Waals surface area (Å²) in [6.07, 6.45) is -3.83. The molecule has 6 nitrogen and oxygen atoms in total. The van der Waals surface area contributed by atoms with Gasteiger partial charge in [0, 0.05) is 17.6 Å². The van der Waals surface area contributed by atoms with Crippen LogP contribution in [0.15, 0.2) is 71.8 Å². The third-order valence-electron chi connectivity index (χ3n) is 4.56. The van der Waals surface area contributed by atoms with E-state index in [2.05, 4.69) is 14.8 Å². The van der Waals surface area contributed by atoms with Crippen molar-refractivity contribution in [2.45, 2.75) is 24.4 Å². The maximum atomic E-state index is 12.9. The molecule has 31 heavy (non-hydrogen) atoms. The van der Waals surface area contributed by atoms with E-state index < -0.39 is 22.6 Å². The first-order chi connectivity index (χ1) is 14.6. The van der Waals surface area contributed by atoms with E-state index in [4.69, 9.17) is 0 Å². The third kappa shape index (κ3) is 4.53. The van der Waals surface area contributed by atoms with Crippen molar-refractivity contribution < 1.29 is 21.6 Å². The Morgan fingerprint density at radius 1 is 1.03 bits per heavy atom. The Labute approximate surface area is 176 Å². The SMILES string of the molecule is Cc1cc(NS(=O)(=O)c2ccc(CC(F)(F)F)cc2)n(-c2cccc3ncccc23)n1. The summed E-state index contributed by atoms with van der Waals surface area (Å²) in [7, 11) is -4.05. The van der Waals surface area contributed by atoms with Crippen molar-refractivity contribution in [3.8, 4) is 5.69 Å². The van der Waals surface area contributed by atoms with Gasteiger partial charge in [0.1, 0.15) is 5.82 Å². The van der Waals surface area contributed by atoms with Gasteiger partial charge in [-0.05, 0) is 48.9 Å². The monoisotopic (exact) mass is 446 g/mol. The van der Waals surface area contributed by atoms with Crippen LogP contribution in [0.25, 0.3) is 16.6 Å². The number of hydrogen-bond donors (Lipinski definition) is 1. The molecule has 2 heterocycles. The molecular formula is C21H17F3N4O2S. The van der Waals surface area contributed by atoms with Crippen LogP contribution in [0.4, 0.5) is 19.0 Å². The lowest BCUT2D eigenvalue weighted by Gasteiger charge is -2.13. The Bertz CT molecular complexity index is 1340. The van der Waals surface area contributed by atoms with E-state index in [-0.39, 0.29) is 16.3 Å². The maximum absolute atomic E-state index is 12.9. The molecule has 2 aromatic heterocycles. The highest BCUT2D eigenvalue weighted by Crippen LogP contribution is 2.27. The summed E-state index contributed by atoms with van der Waals surface area (Å²) in [6.45, 7) is 1.73. The maximum Gasteiger partial charge on any atom is 0.393 e. The predicted octanol–water partition coefficient (Wildman–Crippen LogP) is 4.63. The van der Waals surface area contributed by atoms with Crippen molar-refractivity contribution in [1.82, 2.24) is 14.8 Å². The van der Waals surface area contributed by atoms with Crippen LogP contribution in [0.1, 0.15) is 11.3 Å². The third-order valence-corrected chi connectivity index (χ3v) is 5.93. The Morgan fingerprint density at radius 2 is 1.77 bits per heavy atom. The van der Waals surface area contributed by atoms with Gasteiger partial charge >= 0.3 is 6.18 Å². The van der Waals surface area contributed by atoms with Crippen LogP contribution in [0, 0.1) is 6.92 Å². The quantitative estimate of drug-likeness (QED) is 0.485. The number of aromatic nitrogens is 3. The number of alkyl halides is 3. The summed E-state index contributed by atoms with van der Waals surface area (Å²) < 4.78 is 67.3. The molecule has 0 atom stereocenters. The van der Waals surface area contributed by atoms with Crippen molar-refractivity contribution in [3.63, 3.8) is 0 Å². The van der Waals surface area contributed by atoms with Crippen molar-refractivity contribution in [3.05, 3.63) is 78.1 Å². The van der Waals surface area contributed by atoms with E-state index in [0.29, 0.717) is 11.4 Å². The predicted molar refractivity (Wildman–Crippen MR) is 111 cm³/mol. The topological polar surface area (TPSA) is 76.9 Å². The Hall–Kier alpha value is -3.40. The number of sulfonamides is 1. The van der Waals surface area contributed by atoms with Gasteiger partial charge in [0.2, 0.25) is 0 Å².